The van der Waals surface area contributed by atoms with E-state index in [2.05, 4.69) is 35.8 Å². The summed E-state index contributed by atoms with van der Waals surface area (Å²) < 4.78 is 2.08. The van der Waals surface area contributed by atoms with Gasteiger partial charge in [-0.1, -0.05) is 17.7 Å². The first-order valence-electron chi connectivity index (χ1n) is 5.35. The van der Waals surface area contributed by atoms with Crippen LogP contribution in [0.3, 0.4) is 0 Å². The maximum atomic E-state index is 11.3. The van der Waals surface area contributed by atoms with Crippen LogP contribution in [0.15, 0.2) is 41.2 Å². The zero-order chi connectivity index (χ0) is 11.7. The lowest BCUT2D eigenvalue weighted by Gasteiger charge is -2.14. The van der Waals surface area contributed by atoms with Crippen molar-refractivity contribution in [1.29, 1.82) is 0 Å². The van der Waals surface area contributed by atoms with E-state index in [1.807, 2.05) is 13.8 Å². The van der Waals surface area contributed by atoms with Gasteiger partial charge in [0.25, 0.3) is 0 Å². The summed E-state index contributed by atoms with van der Waals surface area (Å²) in [5.74, 6) is 0. The Morgan fingerprint density at radius 3 is 1.88 bits per heavy atom. The normalized spacial score (nSPS) is 10.4. The standard InChI is InChI=1S/C14H15NO/c1-10-4-6-13(7-5-10)15-11(2)8-14(16)9-12(15)3/h4-9H,1-3H3. The highest BCUT2D eigenvalue weighted by Gasteiger charge is 2.03. The van der Waals surface area contributed by atoms with Gasteiger partial charge in [0.2, 0.25) is 0 Å². The van der Waals surface area contributed by atoms with Gasteiger partial charge in [-0.25, -0.2) is 0 Å². The molecule has 0 unspecified atom stereocenters. The smallest absolute Gasteiger partial charge is 0.182 e. The van der Waals surface area contributed by atoms with Gasteiger partial charge in [-0.05, 0) is 32.9 Å². The van der Waals surface area contributed by atoms with Crippen LogP contribution in [0.2, 0.25) is 0 Å². The molecule has 0 amide bonds. The number of nitrogens with zero attached hydrogens (tertiary/aromatic N) is 1. The molecule has 0 aliphatic carbocycles. The number of pyridine rings is 1. The lowest BCUT2D eigenvalue weighted by molar-refractivity contribution is 0.921. The van der Waals surface area contributed by atoms with Crippen molar-refractivity contribution >= 4 is 0 Å². The van der Waals surface area contributed by atoms with Gasteiger partial charge in [0.05, 0.1) is 0 Å². The third-order valence-corrected chi connectivity index (χ3v) is 2.70. The monoisotopic (exact) mass is 213 g/mol. The second-order valence-electron chi connectivity index (χ2n) is 4.14. The van der Waals surface area contributed by atoms with Crippen LogP contribution in [0, 0.1) is 20.8 Å². The molecule has 2 aromatic rings. The molecule has 0 saturated carbocycles. The molecule has 0 saturated heterocycles. The van der Waals surface area contributed by atoms with Crippen molar-refractivity contribution in [2.75, 3.05) is 0 Å². The van der Waals surface area contributed by atoms with Gasteiger partial charge >= 0.3 is 0 Å². The second-order valence-corrected chi connectivity index (χ2v) is 4.14. The minimum atomic E-state index is 0.0679. The van der Waals surface area contributed by atoms with Gasteiger partial charge in [0.15, 0.2) is 5.43 Å². The van der Waals surface area contributed by atoms with Crippen molar-refractivity contribution in [2.45, 2.75) is 20.8 Å². The quantitative estimate of drug-likeness (QED) is 0.714. The van der Waals surface area contributed by atoms with Crippen molar-refractivity contribution in [3.8, 4) is 5.69 Å². The molecule has 0 spiro atoms. The van der Waals surface area contributed by atoms with E-state index in [-0.39, 0.29) is 5.43 Å². The van der Waals surface area contributed by atoms with Crippen molar-refractivity contribution in [1.82, 2.24) is 4.57 Å². The molecular formula is C14H15NO. The van der Waals surface area contributed by atoms with E-state index in [1.165, 1.54) is 5.56 Å². The van der Waals surface area contributed by atoms with Crippen molar-refractivity contribution in [3.05, 3.63) is 63.6 Å². The Bertz CT molecular complexity index is 538. The van der Waals surface area contributed by atoms with Crippen LogP contribution >= 0.6 is 0 Å². The average Bonchev–Trinajstić information content (AvgIpc) is 2.19. The minimum Gasteiger partial charge on any atom is -0.318 e. The molecule has 2 heteroatoms. The van der Waals surface area contributed by atoms with E-state index in [9.17, 15) is 4.79 Å². The van der Waals surface area contributed by atoms with E-state index >= 15 is 0 Å². The second kappa shape index (κ2) is 3.97. The molecule has 1 aromatic carbocycles. The lowest BCUT2D eigenvalue weighted by Crippen LogP contribution is -2.11. The van der Waals surface area contributed by atoms with E-state index in [0.29, 0.717) is 0 Å². The Morgan fingerprint density at radius 2 is 1.38 bits per heavy atom. The fraction of sp³-hybridized carbons (Fsp3) is 0.214. The van der Waals surface area contributed by atoms with Gasteiger partial charge in [0, 0.05) is 29.2 Å². The van der Waals surface area contributed by atoms with Crippen LogP contribution in [0.25, 0.3) is 5.69 Å². The average molecular weight is 213 g/mol. The predicted octanol–water partition coefficient (Wildman–Crippen LogP) is 2.76. The Labute approximate surface area is 95.2 Å². The zero-order valence-electron chi connectivity index (χ0n) is 9.82. The molecular weight excluding hydrogens is 198 g/mol. The Hall–Kier alpha value is -1.83. The molecule has 82 valence electrons. The van der Waals surface area contributed by atoms with Crippen LogP contribution in [0.4, 0.5) is 0 Å². The van der Waals surface area contributed by atoms with E-state index in [0.717, 1.165) is 17.1 Å². The van der Waals surface area contributed by atoms with Crippen molar-refractivity contribution < 1.29 is 0 Å². The molecule has 0 aliphatic heterocycles. The molecule has 1 heterocycles. The fourth-order valence-corrected chi connectivity index (χ4v) is 1.96. The molecule has 0 bridgehead atoms. The van der Waals surface area contributed by atoms with Crippen LogP contribution < -0.4 is 5.43 Å². The van der Waals surface area contributed by atoms with Crippen LogP contribution in [0.5, 0.6) is 0 Å². The molecule has 2 rings (SSSR count). The van der Waals surface area contributed by atoms with E-state index in [1.54, 1.807) is 12.1 Å². The summed E-state index contributed by atoms with van der Waals surface area (Å²) in [5.41, 5.74) is 4.33. The highest BCUT2D eigenvalue weighted by Crippen LogP contribution is 2.13. The topological polar surface area (TPSA) is 22.0 Å². The number of hydrogen-bond acceptors (Lipinski definition) is 1. The van der Waals surface area contributed by atoms with Crippen molar-refractivity contribution in [3.63, 3.8) is 0 Å². The highest BCUT2D eigenvalue weighted by atomic mass is 16.1. The first-order valence-corrected chi connectivity index (χ1v) is 5.35. The molecule has 1 aromatic heterocycles. The van der Waals surface area contributed by atoms with Gasteiger partial charge in [-0.15, -0.1) is 0 Å². The fourth-order valence-electron chi connectivity index (χ4n) is 1.96. The van der Waals surface area contributed by atoms with Crippen LogP contribution in [-0.4, -0.2) is 4.57 Å². The van der Waals surface area contributed by atoms with Gasteiger partial charge < -0.3 is 4.57 Å². The van der Waals surface area contributed by atoms with Crippen LogP contribution in [-0.2, 0) is 0 Å². The Kier molecular flexibility index (Phi) is 2.65. The Balaban J connectivity index is 2.64. The third kappa shape index (κ3) is 1.91. The summed E-state index contributed by atoms with van der Waals surface area (Å²) in [6.07, 6.45) is 0. The molecule has 16 heavy (non-hydrogen) atoms. The maximum absolute atomic E-state index is 11.3. The maximum Gasteiger partial charge on any atom is 0.182 e. The zero-order valence-corrected chi connectivity index (χ0v) is 9.82. The predicted molar refractivity (Wildman–Crippen MR) is 66.3 cm³/mol. The summed E-state index contributed by atoms with van der Waals surface area (Å²) in [5, 5.41) is 0. The SMILES string of the molecule is Cc1ccc(-n2c(C)cc(=O)cc2C)cc1. The van der Waals surface area contributed by atoms with E-state index < -0.39 is 0 Å². The molecule has 0 fully saturated rings. The number of hydrogen-bond donors (Lipinski definition) is 0. The number of aromatic nitrogens is 1. The first kappa shape index (κ1) is 10.7. The van der Waals surface area contributed by atoms with Crippen molar-refractivity contribution in [2.24, 2.45) is 0 Å². The van der Waals surface area contributed by atoms with Gasteiger partial charge in [0.1, 0.15) is 0 Å². The Morgan fingerprint density at radius 1 is 0.875 bits per heavy atom. The highest BCUT2D eigenvalue weighted by molar-refractivity contribution is 5.38. The summed E-state index contributed by atoms with van der Waals surface area (Å²) in [6.45, 7) is 5.97. The van der Waals surface area contributed by atoms with Gasteiger partial charge in [-0.3, -0.25) is 4.79 Å². The first-order chi connectivity index (χ1) is 7.58. The molecule has 0 atom stereocenters. The largest absolute Gasteiger partial charge is 0.318 e. The molecule has 2 nitrogen and oxygen atoms in total. The third-order valence-electron chi connectivity index (χ3n) is 2.70. The van der Waals surface area contributed by atoms with E-state index in [4.69, 9.17) is 0 Å². The molecule has 0 aliphatic rings. The minimum absolute atomic E-state index is 0.0679. The van der Waals surface area contributed by atoms with Gasteiger partial charge in [-0.2, -0.15) is 0 Å². The summed E-state index contributed by atoms with van der Waals surface area (Å²) in [7, 11) is 0. The molecule has 0 radical (unpaired) electrons. The summed E-state index contributed by atoms with van der Waals surface area (Å²) in [6, 6.07) is 11.6. The lowest BCUT2D eigenvalue weighted by atomic mass is 10.2. The number of rotatable bonds is 1. The molecule has 0 N–H and O–H groups in total. The number of benzene rings is 1. The van der Waals surface area contributed by atoms with Crippen LogP contribution in [0.1, 0.15) is 17.0 Å². The summed E-state index contributed by atoms with van der Waals surface area (Å²) in [4.78, 5) is 11.3. The summed E-state index contributed by atoms with van der Waals surface area (Å²) >= 11 is 0. The number of aryl methyl sites for hydroxylation is 3.